The topological polar surface area (TPSA) is 61.8 Å². The summed E-state index contributed by atoms with van der Waals surface area (Å²) in [5.74, 6) is 1.23. The van der Waals surface area contributed by atoms with Crippen LogP contribution in [0, 0.1) is 0 Å². The third-order valence-corrected chi connectivity index (χ3v) is 5.52. The highest BCUT2D eigenvalue weighted by atomic mass is 35.5. The zero-order valence-corrected chi connectivity index (χ0v) is 15.0. The standard InChI is InChI=1S/C17H17ClO5S/c1-21-14-9-12(10-15(22-2)17(14)23-3)11-16(18)24(19,20)13-7-5-4-6-8-13/h4-11H,1-3H3/b16-11+. The van der Waals surface area contributed by atoms with E-state index in [0.717, 1.165) is 0 Å². The number of hydrogen-bond donors (Lipinski definition) is 0. The van der Waals surface area contributed by atoms with E-state index in [1.54, 1.807) is 30.3 Å². The third kappa shape index (κ3) is 3.66. The van der Waals surface area contributed by atoms with Gasteiger partial charge in [0.1, 0.15) is 4.36 Å². The third-order valence-electron chi connectivity index (χ3n) is 3.28. The molecule has 2 aromatic carbocycles. The van der Waals surface area contributed by atoms with Gasteiger partial charge in [0.15, 0.2) is 11.5 Å². The lowest BCUT2D eigenvalue weighted by Crippen LogP contribution is -2.00. The van der Waals surface area contributed by atoms with Gasteiger partial charge in [0.25, 0.3) is 0 Å². The minimum atomic E-state index is -3.78. The van der Waals surface area contributed by atoms with Crippen molar-refractivity contribution in [1.82, 2.24) is 0 Å². The van der Waals surface area contributed by atoms with Crippen LogP contribution in [0.2, 0.25) is 0 Å². The number of hydrogen-bond acceptors (Lipinski definition) is 5. The van der Waals surface area contributed by atoms with Crippen LogP contribution < -0.4 is 14.2 Å². The molecule has 2 aromatic rings. The second kappa shape index (κ2) is 7.59. The maximum absolute atomic E-state index is 12.5. The van der Waals surface area contributed by atoms with Crippen LogP contribution in [-0.2, 0) is 9.84 Å². The van der Waals surface area contributed by atoms with Crippen molar-refractivity contribution in [2.75, 3.05) is 21.3 Å². The largest absolute Gasteiger partial charge is 0.493 e. The van der Waals surface area contributed by atoms with E-state index in [9.17, 15) is 8.42 Å². The average molecular weight is 369 g/mol. The normalized spacial score (nSPS) is 11.9. The van der Waals surface area contributed by atoms with E-state index in [1.807, 2.05) is 0 Å². The summed E-state index contributed by atoms with van der Waals surface area (Å²) in [7, 11) is 0.669. The van der Waals surface area contributed by atoms with Gasteiger partial charge in [-0.2, -0.15) is 0 Å². The zero-order valence-electron chi connectivity index (χ0n) is 13.4. The molecule has 5 nitrogen and oxygen atoms in total. The average Bonchev–Trinajstić information content (AvgIpc) is 2.61. The van der Waals surface area contributed by atoms with Crippen LogP contribution in [0.1, 0.15) is 5.56 Å². The molecule has 0 saturated heterocycles. The van der Waals surface area contributed by atoms with E-state index < -0.39 is 9.84 Å². The molecule has 0 bridgehead atoms. The summed E-state index contributed by atoms with van der Waals surface area (Å²) in [6.07, 6.45) is 1.34. The minimum Gasteiger partial charge on any atom is -0.493 e. The summed E-state index contributed by atoms with van der Waals surface area (Å²) < 4.78 is 40.4. The van der Waals surface area contributed by atoms with Crippen LogP contribution >= 0.6 is 11.6 Å². The molecule has 7 heteroatoms. The number of halogens is 1. The van der Waals surface area contributed by atoms with Crippen LogP contribution in [-0.4, -0.2) is 29.7 Å². The van der Waals surface area contributed by atoms with Gasteiger partial charge in [0.2, 0.25) is 15.6 Å². The monoisotopic (exact) mass is 368 g/mol. The van der Waals surface area contributed by atoms with Crippen molar-refractivity contribution >= 4 is 27.5 Å². The number of sulfone groups is 1. The van der Waals surface area contributed by atoms with Crippen molar-refractivity contribution in [2.45, 2.75) is 4.90 Å². The summed E-state index contributed by atoms with van der Waals surface area (Å²) in [4.78, 5) is 0.124. The van der Waals surface area contributed by atoms with Crippen molar-refractivity contribution in [3.63, 3.8) is 0 Å². The Morgan fingerprint density at radius 2 is 1.50 bits per heavy atom. The first-order chi connectivity index (χ1) is 11.4. The van der Waals surface area contributed by atoms with Gasteiger partial charge in [0.05, 0.1) is 26.2 Å². The second-order valence-electron chi connectivity index (χ2n) is 4.72. The van der Waals surface area contributed by atoms with Gasteiger partial charge in [-0.1, -0.05) is 29.8 Å². The molecular formula is C17H17ClO5S. The van der Waals surface area contributed by atoms with E-state index in [4.69, 9.17) is 25.8 Å². The molecule has 0 unspecified atom stereocenters. The molecular weight excluding hydrogens is 352 g/mol. The molecule has 0 aliphatic carbocycles. The minimum absolute atomic E-state index is 0.124. The highest BCUT2D eigenvalue weighted by Crippen LogP contribution is 2.39. The fourth-order valence-electron chi connectivity index (χ4n) is 2.11. The van der Waals surface area contributed by atoms with E-state index >= 15 is 0 Å². The van der Waals surface area contributed by atoms with Crippen LogP contribution in [0.25, 0.3) is 6.08 Å². The van der Waals surface area contributed by atoms with E-state index in [2.05, 4.69) is 0 Å². The SMILES string of the molecule is COc1cc(/C=C(\Cl)S(=O)(=O)c2ccccc2)cc(OC)c1OC. The molecule has 0 aliphatic heterocycles. The van der Waals surface area contributed by atoms with Gasteiger partial charge in [-0.25, -0.2) is 8.42 Å². The molecule has 0 aromatic heterocycles. The predicted octanol–water partition coefficient (Wildman–Crippen LogP) is 3.72. The fraction of sp³-hybridized carbons (Fsp3) is 0.176. The first kappa shape index (κ1) is 18.2. The maximum atomic E-state index is 12.5. The Labute approximate surface area is 146 Å². The van der Waals surface area contributed by atoms with Crippen LogP contribution in [0.15, 0.2) is 51.7 Å². The molecule has 24 heavy (non-hydrogen) atoms. The Morgan fingerprint density at radius 3 is 1.96 bits per heavy atom. The fourth-order valence-corrected chi connectivity index (χ4v) is 3.53. The first-order valence-electron chi connectivity index (χ1n) is 6.91. The van der Waals surface area contributed by atoms with Gasteiger partial charge in [-0.15, -0.1) is 0 Å². The van der Waals surface area contributed by atoms with Crippen molar-refractivity contribution in [3.05, 3.63) is 52.4 Å². The van der Waals surface area contributed by atoms with Gasteiger partial charge < -0.3 is 14.2 Å². The molecule has 0 atom stereocenters. The number of methoxy groups -OCH3 is 3. The molecule has 0 N–H and O–H groups in total. The Hall–Kier alpha value is -2.18. The van der Waals surface area contributed by atoms with Crippen LogP contribution in [0.3, 0.4) is 0 Å². The number of rotatable bonds is 6. The lowest BCUT2D eigenvalue weighted by atomic mass is 10.2. The van der Waals surface area contributed by atoms with Crippen molar-refractivity contribution in [1.29, 1.82) is 0 Å². The van der Waals surface area contributed by atoms with Gasteiger partial charge in [-0.3, -0.25) is 0 Å². The van der Waals surface area contributed by atoms with Gasteiger partial charge in [-0.05, 0) is 35.9 Å². The van der Waals surface area contributed by atoms with Gasteiger partial charge >= 0.3 is 0 Å². The van der Waals surface area contributed by atoms with Gasteiger partial charge in [0, 0.05) is 0 Å². The van der Waals surface area contributed by atoms with E-state index in [-0.39, 0.29) is 9.26 Å². The summed E-state index contributed by atoms with van der Waals surface area (Å²) in [5, 5.41) is 0. The Balaban J connectivity index is 2.51. The van der Waals surface area contributed by atoms with Crippen molar-refractivity contribution in [2.24, 2.45) is 0 Å². The molecule has 0 heterocycles. The molecule has 128 valence electrons. The van der Waals surface area contributed by atoms with Crippen molar-refractivity contribution in [3.8, 4) is 17.2 Å². The Kier molecular flexibility index (Phi) is 5.75. The Morgan fingerprint density at radius 1 is 0.958 bits per heavy atom. The van der Waals surface area contributed by atoms with E-state index in [0.29, 0.717) is 22.8 Å². The molecule has 0 fully saturated rings. The van der Waals surface area contributed by atoms with Crippen LogP contribution in [0.4, 0.5) is 0 Å². The molecule has 0 spiro atoms. The highest BCUT2D eigenvalue weighted by Gasteiger charge is 2.19. The lowest BCUT2D eigenvalue weighted by Gasteiger charge is -2.13. The summed E-state index contributed by atoms with van der Waals surface area (Å²) in [6.45, 7) is 0. The van der Waals surface area contributed by atoms with E-state index in [1.165, 1.54) is 39.5 Å². The molecule has 0 amide bonds. The summed E-state index contributed by atoms with van der Waals surface area (Å²) >= 11 is 6.07. The lowest BCUT2D eigenvalue weighted by molar-refractivity contribution is 0.324. The number of ether oxygens (including phenoxy) is 3. The molecule has 0 saturated carbocycles. The number of benzene rings is 2. The maximum Gasteiger partial charge on any atom is 0.217 e. The first-order valence-corrected chi connectivity index (χ1v) is 8.77. The summed E-state index contributed by atoms with van der Waals surface area (Å²) in [5.41, 5.74) is 0.508. The Bertz CT molecular complexity index is 820. The van der Waals surface area contributed by atoms with Crippen LogP contribution in [0.5, 0.6) is 17.2 Å². The predicted molar refractivity (Wildman–Crippen MR) is 93.6 cm³/mol. The zero-order chi connectivity index (χ0) is 17.7. The highest BCUT2D eigenvalue weighted by molar-refractivity contribution is 7.97. The second-order valence-corrected chi connectivity index (χ2v) is 7.27. The molecule has 0 aliphatic rings. The summed E-state index contributed by atoms with van der Waals surface area (Å²) in [6, 6.07) is 11.2. The quantitative estimate of drug-likeness (QED) is 0.777. The molecule has 0 radical (unpaired) electrons. The molecule has 2 rings (SSSR count). The smallest absolute Gasteiger partial charge is 0.217 e. The van der Waals surface area contributed by atoms with Crippen molar-refractivity contribution < 1.29 is 22.6 Å².